The number of fused-ring (bicyclic) bond motifs is 2. The predicted molar refractivity (Wildman–Crippen MR) is 184 cm³/mol. The van der Waals surface area contributed by atoms with Gasteiger partial charge in [-0.05, 0) is 42.9 Å². The lowest BCUT2D eigenvalue weighted by molar-refractivity contribution is -0.0544. The summed E-state index contributed by atoms with van der Waals surface area (Å²) in [6.45, 7) is 24.3. The summed E-state index contributed by atoms with van der Waals surface area (Å²) >= 11 is 0. The Morgan fingerprint density at radius 1 is 0.957 bits per heavy atom. The van der Waals surface area contributed by atoms with Crippen LogP contribution < -0.4 is 5.32 Å². The van der Waals surface area contributed by atoms with Crippen molar-refractivity contribution < 1.29 is 27.2 Å². The Kier molecular flexibility index (Phi) is 10.4. The van der Waals surface area contributed by atoms with E-state index < -0.39 is 28.8 Å². The number of nitrogens with zero attached hydrogens (tertiary/aromatic N) is 6. The molecule has 2 saturated heterocycles. The maximum Gasteiger partial charge on any atom is 0.419 e. The van der Waals surface area contributed by atoms with Crippen LogP contribution in [-0.4, -0.2) is 83.2 Å². The highest BCUT2D eigenvalue weighted by atomic mass is 28.5. The van der Waals surface area contributed by atoms with E-state index in [4.69, 9.17) is 27.4 Å². The minimum atomic E-state index is -2.74. The molecule has 2 aliphatic rings. The molecule has 2 aliphatic heterocycles. The molecule has 0 bridgehead atoms. The van der Waals surface area contributed by atoms with Crippen molar-refractivity contribution in [1.29, 1.82) is 0 Å². The lowest BCUT2D eigenvalue weighted by atomic mass is 10.2. The van der Waals surface area contributed by atoms with Crippen molar-refractivity contribution in [3.8, 4) is 0 Å². The molecule has 15 heteroatoms. The fourth-order valence-electron chi connectivity index (χ4n) is 6.72. The molecule has 1 N–H and O–H groups in total. The number of ether oxygens (including phenoxy) is 2. The Labute approximate surface area is 280 Å². The van der Waals surface area contributed by atoms with E-state index in [9.17, 15) is 4.79 Å². The normalized spacial score (nSPS) is 23.0. The molecule has 0 aliphatic carbocycles. The molecule has 0 unspecified atom stereocenters. The van der Waals surface area contributed by atoms with Crippen LogP contribution in [0.2, 0.25) is 22.2 Å². The van der Waals surface area contributed by atoms with E-state index in [0.29, 0.717) is 43.0 Å². The molecule has 0 saturated carbocycles. The molecule has 0 radical (unpaired) electrons. The maximum atomic E-state index is 12.3. The van der Waals surface area contributed by atoms with Gasteiger partial charge in [0.2, 0.25) is 0 Å². The van der Waals surface area contributed by atoms with Crippen LogP contribution in [0.4, 0.5) is 10.6 Å². The highest BCUT2D eigenvalue weighted by Gasteiger charge is 2.60. The third kappa shape index (κ3) is 7.20. The second-order valence-corrected chi connectivity index (χ2v) is 23.8. The Balaban J connectivity index is 1.32. The lowest BCUT2D eigenvalue weighted by Gasteiger charge is -2.51. The Morgan fingerprint density at radius 2 is 1.64 bits per heavy atom. The van der Waals surface area contributed by atoms with Gasteiger partial charge in [0.25, 0.3) is 0 Å². The quantitative estimate of drug-likeness (QED) is 0.241. The number of imidazole rings is 2. The Bertz CT molecular complexity index is 1520. The summed E-state index contributed by atoms with van der Waals surface area (Å²) in [6.07, 6.45) is 6.50. The minimum Gasteiger partial charge on any atom is -0.443 e. The summed E-state index contributed by atoms with van der Waals surface area (Å²) in [4.78, 5) is 30.5. The molecule has 260 valence electrons. The first-order valence-corrected chi connectivity index (χ1v) is 20.9. The van der Waals surface area contributed by atoms with Gasteiger partial charge in [-0.1, -0.05) is 55.4 Å². The maximum absolute atomic E-state index is 12.3. The molecule has 5 heterocycles. The number of aromatic nitrogens is 6. The number of hydrogen-bond donors (Lipinski definition) is 1. The van der Waals surface area contributed by atoms with E-state index in [1.807, 2.05) is 25.3 Å². The molecule has 2 fully saturated rings. The van der Waals surface area contributed by atoms with Crippen molar-refractivity contribution in [2.75, 3.05) is 18.5 Å². The lowest BCUT2D eigenvalue weighted by Crippen LogP contribution is -2.65. The van der Waals surface area contributed by atoms with Crippen LogP contribution >= 0.6 is 0 Å². The second-order valence-electron chi connectivity index (χ2n) is 15.0. The fraction of sp³-hybridized carbons (Fsp3) is 0.719. The zero-order valence-corrected chi connectivity index (χ0v) is 31.8. The van der Waals surface area contributed by atoms with Gasteiger partial charge in [-0.2, -0.15) is 0 Å². The molecule has 13 nitrogen and oxygen atoms in total. The van der Waals surface area contributed by atoms with Crippen molar-refractivity contribution in [3.05, 3.63) is 30.9 Å². The highest BCUT2D eigenvalue weighted by molar-refractivity contribution is 6.84. The van der Waals surface area contributed by atoms with Crippen molar-refractivity contribution in [2.24, 2.45) is 0 Å². The standard InChI is InChI=1S/C32H53N7O6Si2/c1-20(2)46(21(3)4)41-16-26-25(44-47(45-46,22(5)6)23(7)8)14-27(42-26)39-19-37-28-29(34-17-35-30(28)39)33-13-12-24-15-38(18-36-24)31(40)43-32(9,10)11/h15,17-23,25-27H,12-14,16H2,1-11H3,(H,33,34,35)/t25-,26+,27+/m0/s1. The molecular weight excluding hydrogens is 635 g/mol. The van der Waals surface area contributed by atoms with Crippen LogP contribution in [0.5, 0.6) is 0 Å². The molecule has 5 rings (SSSR count). The highest BCUT2D eigenvalue weighted by Crippen LogP contribution is 2.48. The molecule has 47 heavy (non-hydrogen) atoms. The molecule has 3 atom stereocenters. The fourth-order valence-corrected chi connectivity index (χ4v) is 17.9. The zero-order valence-electron chi connectivity index (χ0n) is 29.8. The Morgan fingerprint density at radius 3 is 2.28 bits per heavy atom. The van der Waals surface area contributed by atoms with Crippen LogP contribution in [0, 0.1) is 0 Å². The third-order valence-electron chi connectivity index (χ3n) is 9.11. The van der Waals surface area contributed by atoms with Gasteiger partial charge in [-0.25, -0.2) is 29.3 Å². The van der Waals surface area contributed by atoms with E-state index in [1.165, 1.54) is 17.2 Å². The van der Waals surface area contributed by atoms with Gasteiger partial charge in [0, 0.05) is 25.6 Å². The van der Waals surface area contributed by atoms with Crippen molar-refractivity contribution in [1.82, 2.24) is 29.1 Å². The largest absolute Gasteiger partial charge is 0.443 e. The number of carbonyl (C=O) groups excluding carboxylic acids is 1. The summed E-state index contributed by atoms with van der Waals surface area (Å²) < 4.78 is 36.9. The summed E-state index contributed by atoms with van der Waals surface area (Å²) in [7, 11) is -5.39. The minimum absolute atomic E-state index is 0.167. The number of anilines is 1. The summed E-state index contributed by atoms with van der Waals surface area (Å²) in [5.74, 6) is 0.619. The average molecular weight is 688 g/mol. The van der Waals surface area contributed by atoms with Gasteiger partial charge < -0.3 is 27.8 Å². The van der Waals surface area contributed by atoms with E-state index >= 15 is 0 Å². The second kappa shape index (κ2) is 13.7. The van der Waals surface area contributed by atoms with E-state index in [1.54, 1.807) is 12.5 Å². The molecule has 0 spiro atoms. The van der Waals surface area contributed by atoms with Crippen LogP contribution in [-0.2, 0) is 28.9 Å². The monoisotopic (exact) mass is 687 g/mol. The van der Waals surface area contributed by atoms with Crippen LogP contribution in [0.1, 0.15) is 94.5 Å². The number of carbonyl (C=O) groups is 1. The Hall–Kier alpha value is -2.70. The summed E-state index contributed by atoms with van der Waals surface area (Å²) in [5, 5.41) is 3.36. The van der Waals surface area contributed by atoms with E-state index in [-0.39, 0.29) is 40.6 Å². The number of nitrogens with one attached hydrogen (secondary N) is 1. The van der Waals surface area contributed by atoms with Gasteiger partial charge in [0.15, 0.2) is 17.0 Å². The van der Waals surface area contributed by atoms with E-state index in [2.05, 4.69) is 75.7 Å². The summed E-state index contributed by atoms with van der Waals surface area (Å²) in [5.41, 5.74) is 2.53. The topological polar surface area (TPSA) is 137 Å². The van der Waals surface area contributed by atoms with Crippen molar-refractivity contribution in [3.63, 3.8) is 0 Å². The molecule has 0 aromatic carbocycles. The van der Waals surface area contributed by atoms with Gasteiger partial charge in [-0.15, -0.1) is 0 Å². The SMILES string of the molecule is CC(C)[Si]1(C(C)C)OC[C@H]2O[C@@H](n3cnc4c(NCCc5cn(C(=O)OC(C)(C)C)cn5)ncnc43)C[C@@H]2O[Si](C(C)C)(C(C)C)O1. The first-order chi connectivity index (χ1) is 22.1. The van der Waals surface area contributed by atoms with Crippen molar-refractivity contribution >= 4 is 40.2 Å². The molecule has 0 amide bonds. The molecule has 3 aromatic heterocycles. The summed E-state index contributed by atoms with van der Waals surface area (Å²) in [6, 6.07) is 0. The van der Waals surface area contributed by atoms with Crippen LogP contribution in [0.15, 0.2) is 25.2 Å². The van der Waals surface area contributed by atoms with Crippen molar-refractivity contribution in [2.45, 2.75) is 135 Å². The molecule has 3 aromatic rings. The van der Waals surface area contributed by atoms with E-state index in [0.717, 1.165) is 5.69 Å². The predicted octanol–water partition coefficient (Wildman–Crippen LogP) is 6.70. The first-order valence-electron chi connectivity index (χ1n) is 16.9. The van der Waals surface area contributed by atoms with Gasteiger partial charge >= 0.3 is 23.2 Å². The average Bonchev–Trinajstić information content (AvgIpc) is 3.70. The molecular formula is C32H53N7O6Si2. The first kappa shape index (κ1) is 35.6. The van der Waals surface area contributed by atoms with Gasteiger partial charge in [0.05, 0.1) is 24.7 Å². The van der Waals surface area contributed by atoms with Gasteiger partial charge in [0.1, 0.15) is 30.6 Å². The van der Waals surface area contributed by atoms with Gasteiger partial charge in [-0.3, -0.25) is 4.57 Å². The third-order valence-corrected chi connectivity index (χ3v) is 19.4. The number of rotatable bonds is 9. The zero-order chi connectivity index (χ0) is 34.3. The van der Waals surface area contributed by atoms with Crippen LogP contribution in [0.25, 0.3) is 11.2 Å². The smallest absolute Gasteiger partial charge is 0.419 e. The number of hydrogen-bond acceptors (Lipinski definition) is 11. The van der Waals surface area contributed by atoms with Crippen LogP contribution in [0.3, 0.4) is 0 Å².